The summed E-state index contributed by atoms with van der Waals surface area (Å²) in [5.41, 5.74) is 1.27. The normalized spacial score (nSPS) is 28.3. The molecular weight excluding hydrogens is 457 g/mol. The first-order chi connectivity index (χ1) is 15.1. The van der Waals surface area contributed by atoms with E-state index in [1.54, 1.807) is 0 Å². The van der Waals surface area contributed by atoms with Gasteiger partial charge < -0.3 is 15.1 Å². The molecule has 2 saturated heterocycles. The molecule has 2 aliphatic heterocycles. The molecular formula is C23H32Cl2F2N4O. The molecule has 2 heterocycles. The number of benzene rings is 1. The largest absolute Gasteiger partial charge is 0.368 e. The lowest BCUT2D eigenvalue weighted by atomic mass is 9.72. The molecule has 0 atom stereocenters. The summed E-state index contributed by atoms with van der Waals surface area (Å²) in [5.74, 6) is -2.71. The topological polar surface area (TPSA) is 38.8 Å². The van der Waals surface area contributed by atoms with E-state index in [9.17, 15) is 13.6 Å². The van der Waals surface area contributed by atoms with Crippen LogP contribution in [-0.4, -0.2) is 73.6 Å². The number of urea groups is 1. The predicted molar refractivity (Wildman–Crippen MR) is 125 cm³/mol. The van der Waals surface area contributed by atoms with Crippen molar-refractivity contribution in [2.45, 2.75) is 51.0 Å². The summed E-state index contributed by atoms with van der Waals surface area (Å²) >= 11 is 12.5. The van der Waals surface area contributed by atoms with E-state index in [1.165, 1.54) is 4.90 Å². The van der Waals surface area contributed by atoms with E-state index in [2.05, 4.69) is 22.0 Å². The first-order valence-electron chi connectivity index (χ1n) is 11.5. The fourth-order valence-electron chi connectivity index (χ4n) is 5.01. The van der Waals surface area contributed by atoms with Gasteiger partial charge >= 0.3 is 6.03 Å². The zero-order valence-electron chi connectivity index (χ0n) is 18.6. The van der Waals surface area contributed by atoms with Crippen molar-refractivity contribution >= 4 is 34.9 Å². The lowest BCUT2D eigenvalue weighted by Gasteiger charge is -2.42. The Morgan fingerprint density at radius 1 is 1.12 bits per heavy atom. The molecule has 1 N–H and O–H groups in total. The molecule has 0 bridgehead atoms. The highest BCUT2D eigenvalue weighted by atomic mass is 35.5. The number of hydrogen-bond acceptors (Lipinski definition) is 3. The van der Waals surface area contributed by atoms with Crippen LogP contribution in [0.4, 0.5) is 19.3 Å². The molecule has 0 unspecified atom stereocenters. The summed E-state index contributed by atoms with van der Waals surface area (Å²) in [6.45, 7) is 6.34. The van der Waals surface area contributed by atoms with Gasteiger partial charge in [0.25, 0.3) is 5.92 Å². The molecule has 0 radical (unpaired) electrons. The number of likely N-dealkylation sites (tertiary alicyclic amines) is 1. The SMILES string of the molecule is CC1(CCN2CCN(c3cccc(Cl)c3Cl)CC2)CCC(NC(=O)N2CC(F)(F)C2)CC1. The Labute approximate surface area is 199 Å². The van der Waals surface area contributed by atoms with Crippen LogP contribution in [0.2, 0.25) is 10.0 Å². The van der Waals surface area contributed by atoms with E-state index in [0.29, 0.717) is 10.0 Å². The molecule has 32 heavy (non-hydrogen) atoms. The number of amides is 2. The van der Waals surface area contributed by atoms with Crippen molar-refractivity contribution in [2.24, 2.45) is 5.41 Å². The average molecular weight is 489 g/mol. The maximum atomic E-state index is 13.0. The van der Waals surface area contributed by atoms with Crippen molar-refractivity contribution in [3.05, 3.63) is 28.2 Å². The second-order valence-corrected chi connectivity index (χ2v) is 10.7. The Kier molecular flexibility index (Phi) is 7.08. The molecule has 0 aromatic heterocycles. The van der Waals surface area contributed by atoms with Crippen molar-refractivity contribution in [3.63, 3.8) is 0 Å². The number of carbonyl (C=O) groups excluding carboxylic acids is 1. The molecule has 1 aromatic carbocycles. The number of carbonyl (C=O) groups is 1. The third kappa shape index (κ3) is 5.60. The van der Waals surface area contributed by atoms with Crippen LogP contribution in [0, 0.1) is 5.41 Å². The van der Waals surface area contributed by atoms with Crippen molar-refractivity contribution in [1.29, 1.82) is 0 Å². The fourth-order valence-corrected chi connectivity index (χ4v) is 5.42. The number of alkyl halides is 2. The van der Waals surface area contributed by atoms with Gasteiger partial charge in [-0.3, -0.25) is 4.90 Å². The van der Waals surface area contributed by atoms with Crippen LogP contribution in [0.15, 0.2) is 18.2 Å². The Morgan fingerprint density at radius 2 is 1.78 bits per heavy atom. The highest BCUT2D eigenvalue weighted by molar-refractivity contribution is 6.43. The van der Waals surface area contributed by atoms with Gasteiger partial charge in [0.05, 0.1) is 28.8 Å². The summed E-state index contributed by atoms with van der Waals surface area (Å²) in [5, 5.41) is 4.17. The van der Waals surface area contributed by atoms with E-state index in [-0.39, 0.29) is 17.5 Å². The van der Waals surface area contributed by atoms with E-state index in [0.717, 1.165) is 70.5 Å². The van der Waals surface area contributed by atoms with Gasteiger partial charge in [0.2, 0.25) is 0 Å². The molecule has 178 valence electrons. The lowest BCUT2D eigenvalue weighted by Crippen LogP contribution is -2.62. The van der Waals surface area contributed by atoms with E-state index < -0.39 is 19.0 Å². The molecule has 3 aliphatic rings. The molecule has 4 rings (SSSR count). The maximum Gasteiger partial charge on any atom is 0.318 e. The summed E-state index contributed by atoms with van der Waals surface area (Å²) in [6.07, 6.45) is 5.04. The number of rotatable bonds is 5. The predicted octanol–water partition coefficient (Wildman–Crippen LogP) is 5.11. The molecule has 2 amide bonds. The van der Waals surface area contributed by atoms with E-state index in [1.807, 2.05) is 18.2 Å². The van der Waals surface area contributed by atoms with Gasteiger partial charge in [0.15, 0.2) is 0 Å². The molecule has 9 heteroatoms. The molecule has 1 aliphatic carbocycles. The zero-order valence-corrected chi connectivity index (χ0v) is 20.1. The van der Waals surface area contributed by atoms with E-state index >= 15 is 0 Å². The number of nitrogens with one attached hydrogen (secondary N) is 1. The molecule has 0 spiro atoms. The smallest absolute Gasteiger partial charge is 0.318 e. The minimum Gasteiger partial charge on any atom is -0.368 e. The van der Waals surface area contributed by atoms with Crippen LogP contribution in [0.25, 0.3) is 0 Å². The summed E-state index contributed by atoms with van der Waals surface area (Å²) in [6, 6.07) is 5.52. The van der Waals surface area contributed by atoms with Crippen LogP contribution in [-0.2, 0) is 0 Å². The third-order valence-electron chi connectivity index (χ3n) is 7.33. The lowest BCUT2D eigenvalue weighted by molar-refractivity contribution is -0.110. The van der Waals surface area contributed by atoms with Crippen LogP contribution in [0.5, 0.6) is 0 Å². The van der Waals surface area contributed by atoms with Crippen LogP contribution in [0.1, 0.15) is 39.0 Å². The van der Waals surface area contributed by atoms with Crippen LogP contribution < -0.4 is 10.2 Å². The van der Waals surface area contributed by atoms with Crippen molar-refractivity contribution in [2.75, 3.05) is 50.7 Å². The number of piperazine rings is 1. The van der Waals surface area contributed by atoms with Gasteiger partial charge in [-0.05, 0) is 56.2 Å². The Hall–Kier alpha value is -1.31. The van der Waals surface area contributed by atoms with Crippen molar-refractivity contribution in [3.8, 4) is 0 Å². The Balaban J connectivity index is 1.17. The summed E-state index contributed by atoms with van der Waals surface area (Å²) < 4.78 is 25.9. The van der Waals surface area contributed by atoms with Crippen LogP contribution in [0.3, 0.4) is 0 Å². The highest BCUT2D eigenvalue weighted by Crippen LogP contribution is 2.39. The number of hydrogen-bond donors (Lipinski definition) is 1. The second kappa shape index (κ2) is 9.51. The highest BCUT2D eigenvalue weighted by Gasteiger charge is 2.46. The van der Waals surface area contributed by atoms with E-state index in [4.69, 9.17) is 23.2 Å². The minimum absolute atomic E-state index is 0.0933. The molecule has 1 saturated carbocycles. The number of nitrogens with zero attached hydrogens (tertiary/aromatic N) is 3. The van der Waals surface area contributed by atoms with Gasteiger partial charge in [-0.2, -0.15) is 0 Å². The quantitative estimate of drug-likeness (QED) is 0.625. The van der Waals surface area contributed by atoms with Gasteiger partial charge in [0, 0.05) is 32.2 Å². The Bertz CT molecular complexity index is 816. The second-order valence-electron chi connectivity index (χ2n) is 9.90. The number of anilines is 1. The molecule has 1 aromatic rings. The molecule has 3 fully saturated rings. The van der Waals surface area contributed by atoms with Gasteiger partial charge in [-0.25, -0.2) is 13.6 Å². The standard InChI is InChI=1S/C23H32Cl2F2N4O/c1-22(7-5-17(6-8-22)28-21(32)31-15-23(26,27)16-31)9-10-29-11-13-30(14-12-29)19-4-2-3-18(24)20(19)25/h2-4,17H,5-16H2,1H3,(H,28,32). The monoisotopic (exact) mass is 488 g/mol. The van der Waals surface area contributed by atoms with Gasteiger partial charge in [0.1, 0.15) is 0 Å². The maximum absolute atomic E-state index is 13.0. The number of halogens is 4. The van der Waals surface area contributed by atoms with Crippen LogP contribution >= 0.6 is 23.2 Å². The summed E-state index contributed by atoms with van der Waals surface area (Å²) in [7, 11) is 0. The first kappa shape index (κ1) is 23.8. The van der Waals surface area contributed by atoms with Gasteiger partial charge in [-0.15, -0.1) is 0 Å². The summed E-state index contributed by atoms with van der Waals surface area (Å²) in [4.78, 5) is 18.1. The Morgan fingerprint density at radius 3 is 2.41 bits per heavy atom. The minimum atomic E-state index is -2.71. The zero-order chi connectivity index (χ0) is 22.9. The fraction of sp³-hybridized carbons (Fsp3) is 0.696. The average Bonchev–Trinajstić information content (AvgIpc) is 2.75. The molecule has 5 nitrogen and oxygen atoms in total. The van der Waals surface area contributed by atoms with Crippen molar-refractivity contribution in [1.82, 2.24) is 15.1 Å². The first-order valence-corrected chi connectivity index (χ1v) is 12.2. The van der Waals surface area contributed by atoms with Crippen molar-refractivity contribution < 1.29 is 13.6 Å². The van der Waals surface area contributed by atoms with Gasteiger partial charge in [-0.1, -0.05) is 36.2 Å². The third-order valence-corrected chi connectivity index (χ3v) is 8.14.